The van der Waals surface area contributed by atoms with E-state index in [1.54, 1.807) is 6.92 Å². The summed E-state index contributed by atoms with van der Waals surface area (Å²) in [7, 11) is 0. The Balaban J connectivity index is 4.12. The highest BCUT2D eigenvalue weighted by atomic mass is 32.1. The summed E-state index contributed by atoms with van der Waals surface area (Å²) in [6.45, 7) is 2.88. The molecule has 0 fully saturated rings. The van der Waals surface area contributed by atoms with Gasteiger partial charge in [-0.3, -0.25) is 4.79 Å². The van der Waals surface area contributed by atoms with Crippen molar-refractivity contribution in [2.24, 2.45) is 0 Å². The molecule has 0 saturated heterocycles. The molecule has 0 unspecified atom stereocenters. The van der Waals surface area contributed by atoms with Crippen LogP contribution in [0, 0.1) is 0 Å². The minimum atomic E-state index is -1.07. The van der Waals surface area contributed by atoms with Crippen LogP contribution in [0.5, 0.6) is 0 Å². The molecule has 0 aliphatic carbocycles. The Morgan fingerprint density at radius 2 is 2.00 bits per heavy atom. The summed E-state index contributed by atoms with van der Waals surface area (Å²) in [4.78, 5) is 20.9. The predicted molar refractivity (Wildman–Crippen MR) is 43.7 cm³/mol. The summed E-state index contributed by atoms with van der Waals surface area (Å²) in [5, 5.41) is 10.4. The second-order valence-corrected chi connectivity index (χ2v) is 3.07. The number of thiol groups is 1. The van der Waals surface area contributed by atoms with E-state index in [2.05, 4.69) is 17.9 Å². The number of hydrogen-bond donors (Lipinski definition) is 3. The highest BCUT2D eigenvalue weighted by Crippen LogP contribution is 2.00. The standard InChI is InChI=1S/C6H11NO3S/c1-3(11)5(6(9)10)7-4(2)8/h3,5,11H,1-2H3,(H,7,8)(H,9,10)/t3-,5-/m0/s1. The zero-order valence-electron chi connectivity index (χ0n) is 6.37. The summed E-state index contributed by atoms with van der Waals surface area (Å²) in [6.07, 6.45) is 0. The number of carbonyl (C=O) groups is 2. The molecule has 2 atom stereocenters. The van der Waals surface area contributed by atoms with E-state index in [4.69, 9.17) is 5.11 Å². The second kappa shape index (κ2) is 4.23. The summed E-state index contributed by atoms with van der Waals surface area (Å²) in [5.41, 5.74) is 0. The Bertz CT molecular complexity index is 169. The van der Waals surface area contributed by atoms with Gasteiger partial charge in [0, 0.05) is 12.2 Å². The van der Waals surface area contributed by atoms with Crippen LogP contribution in [0.3, 0.4) is 0 Å². The normalized spacial score (nSPS) is 15.2. The molecule has 4 nitrogen and oxygen atoms in total. The fraction of sp³-hybridized carbons (Fsp3) is 0.667. The number of carbonyl (C=O) groups excluding carboxylic acids is 1. The molecule has 64 valence electrons. The van der Waals surface area contributed by atoms with Crippen molar-refractivity contribution in [3.05, 3.63) is 0 Å². The van der Waals surface area contributed by atoms with Gasteiger partial charge in [-0.1, -0.05) is 6.92 Å². The highest BCUT2D eigenvalue weighted by molar-refractivity contribution is 7.81. The van der Waals surface area contributed by atoms with Gasteiger partial charge in [0.05, 0.1) is 0 Å². The minimum Gasteiger partial charge on any atom is -0.480 e. The van der Waals surface area contributed by atoms with Crippen LogP contribution in [0.15, 0.2) is 0 Å². The summed E-state index contributed by atoms with van der Waals surface area (Å²) in [5.74, 6) is -1.43. The lowest BCUT2D eigenvalue weighted by Gasteiger charge is -2.15. The number of carboxylic acids is 1. The molecule has 5 heteroatoms. The number of carboxylic acid groups (broad SMARTS) is 1. The Labute approximate surface area is 70.4 Å². The second-order valence-electron chi connectivity index (χ2n) is 2.26. The van der Waals surface area contributed by atoms with E-state index in [0.717, 1.165) is 0 Å². The number of nitrogens with one attached hydrogen (secondary N) is 1. The number of hydrogen-bond acceptors (Lipinski definition) is 3. The largest absolute Gasteiger partial charge is 0.480 e. The third-order valence-corrected chi connectivity index (χ3v) is 1.41. The molecular formula is C6H11NO3S. The van der Waals surface area contributed by atoms with Gasteiger partial charge in [0.1, 0.15) is 6.04 Å². The van der Waals surface area contributed by atoms with E-state index >= 15 is 0 Å². The predicted octanol–water partition coefficient (Wildman–Crippen LogP) is -0.106. The third-order valence-electron chi connectivity index (χ3n) is 1.11. The first-order valence-corrected chi connectivity index (χ1v) is 3.64. The average Bonchev–Trinajstić information content (AvgIpc) is 1.81. The van der Waals surface area contributed by atoms with Crippen LogP contribution in [-0.2, 0) is 9.59 Å². The van der Waals surface area contributed by atoms with Crippen LogP contribution in [0.2, 0.25) is 0 Å². The SMILES string of the molecule is CC(=O)N[C@H](C(=O)O)[C@H](C)S. The van der Waals surface area contributed by atoms with Crippen LogP contribution in [0.25, 0.3) is 0 Å². The van der Waals surface area contributed by atoms with Gasteiger partial charge in [-0.15, -0.1) is 0 Å². The molecule has 0 aromatic rings. The Morgan fingerprint density at radius 1 is 1.55 bits per heavy atom. The van der Waals surface area contributed by atoms with Crippen LogP contribution in [0.4, 0.5) is 0 Å². The van der Waals surface area contributed by atoms with Gasteiger partial charge in [-0.25, -0.2) is 4.79 Å². The molecule has 0 aliphatic heterocycles. The van der Waals surface area contributed by atoms with E-state index in [1.807, 2.05) is 0 Å². The average molecular weight is 177 g/mol. The first-order valence-electron chi connectivity index (χ1n) is 3.13. The molecule has 0 rings (SSSR count). The third kappa shape index (κ3) is 3.87. The fourth-order valence-corrected chi connectivity index (χ4v) is 0.810. The topological polar surface area (TPSA) is 66.4 Å². The molecule has 0 aliphatic rings. The Morgan fingerprint density at radius 3 is 2.09 bits per heavy atom. The Kier molecular flexibility index (Phi) is 3.95. The van der Waals surface area contributed by atoms with E-state index in [1.165, 1.54) is 6.92 Å². The van der Waals surface area contributed by atoms with Crippen molar-refractivity contribution in [3.63, 3.8) is 0 Å². The molecular weight excluding hydrogens is 166 g/mol. The lowest BCUT2D eigenvalue weighted by molar-refractivity contribution is -0.141. The maximum Gasteiger partial charge on any atom is 0.327 e. The van der Waals surface area contributed by atoms with Crippen molar-refractivity contribution in [2.75, 3.05) is 0 Å². The van der Waals surface area contributed by atoms with Crippen molar-refractivity contribution in [2.45, 2.75) is 25.1 Å². The molecule has 11 heavy (non-hydrogen) atoms. The van der Waals surface area contributed by atoms with Crippen LogP contribution in [0.1, 0.15) is 13.8 Å². The summed E-state index contributed by atoms with van der Waals surface area (Å²) < 4.78 is 0. The lowest BCUT2D eigenvalue weighted by atomic mass is 10.2. The van der Waals surface area contributed by atoms with Crippen molar-refractivity contribution < 1.29 is 14.7 Å². The smallest absolute Gasteiger partial charge is 0.327 e. The molecule has 0 spiro atoms. The van der Waals surface area contributed by atoms with Gasteiger partial charge < -0.3 is 10.4 Å². The molecule has 0 aromatic carbocycles. The zero-order valence-corrected chi connectivity index (χ0v) is 7.26. The highest BCUT2D eigenvalue weighted by Gasteiger charge is 2.22. The van der Waals surface area contributed by atoms with Gasteiger partial charge >= 0.3 is 5.97 Å². The van der Waals surface area contributed by atoms with Crippen LogP contribution < -0.4 is 5.32 Å². The molecule has 2 N–H and O–H groups in total. The molecule has 0 radical (unpaired) electrons. The number of aliphatic carboxylic acids is 1. The molecule has 0 heterocycles. The van der Waals surface area contributed by atoms with E-state index in [9.17, 15) is 9.59 Å². The van der Waals surface area contributed by atoms with Gasteiger partial charge in [0.2, 0.25) is 5.91 Å². The van der Waals surface area contributed by atoms with E-state index in [-0.39, 0.29) is 5.91 Å². The number of rotatable bonds is 3. The van der Waals surface area contributed by atoms with Crippen LogP contribution >= 0.6 is 12.6 Å². The quantitative estimate of drug-likeness (QED) is 0.527. The van der Waals surface area contributed by atoms with E-state index < -0.39 is 17.3 Å². The molecule has 1 amide bonds. The minimum absolute atomic E-state index is 0.363. The first kappa shape index (κ1) is 10.3. The first-order chi connectivity index (χ1) is 4.95. The van der Waals surface area contributed by atoms with Gasteiger partial charge in [-0.05, 0) is 0 Å². The summed E-state index contributed by atoms with van der Waals surface area (Å²) in [6, 6.07) is -0.907. The van der Waals surface area contributed by atoms with E-state index in [0.29, 0.717) is 0 Å². The van der Waals surface area contributed by atoms with Crippen molar-refractivity contribution in [3.8, 4) is 0 Å². The van der Waals surface area contributed by atoms with Gasteiger partial charge in [0.15, 0.2) is 0 Å². The van der Waals surface area contributed by atoms with Crippen molar-refractivity contribution >= 4 is 24.5 Å². The van der Waals surface area contributed by atoms with Crippen molar-refractivity contribution in [1.82, 2.24) is 5.32 Å². The molecule has 0 saturated carbocycles. The maximum absolute atomic E-state index is 10.5. The lowest BCUT2D eigenvalue weighted by Crippen LogP contribution is -2.44. The monoisotopic (exact) mass is 177 g/mol. The van der Waals surface area contributed by atoms with Crippen LogP contribution in [-0.4, -0.2) is 28.3 Å². The zero-order chi connectivity index (χ0) is 9.02. The molecule has 0 bridgehead atoms. The van der Waals surface area contributed by atoms with Gasteiger partial charge in [0.25, 0.3) is 0 Å². The number of amides is 1. The summed E-state index contributed by atoms with van der Waals surface area (Å²) >= 11 is 3.91. The van der Waals surface area contributed by atoms with Gasteiger partial charge in [-0.2, -0.15) is 12.6 Å². The van der Waals surface area contributed by atoms with Crippen molar-refractivity contribution in [1.29, 1.82) is 0 Å². The Hall–Kier alpha value is -0.710. The molecule has 0 aromatic heterocycles. The maximum atomic E-state index is 10.5. The fourth-order valence-electron chi connectivity index (χ4n) is 0.608.